The van der Waals surface area contributed by atoms with E-state index in [2.05, 4.69) is 4.99 Å². The lowest BCUT2D eigenvalue weighted by molar-refractivity contribution is -0.0209. The predicted molar refractivity (Wildman–Crippen MR) is 48.4 cm³/mol. The van der Waals surface area contributed by atoms with Crippen molar-refractivity contribution in [2.45, 2.75) is 12.6 Å². The molecule has 0 aromatic rings. The molecule has 0 fully saturated rings. The zero-order valence-electron chi connectivity index (χ0n) is 7.51. The fraction of sp³-hybridized carbons (Fsp3) is 0.500. The van der Waals surface area contributed by atoms with Gasteiger partial charge in [0.2, 0.25) is 0 Å². The summed E-state index contributed by atoms with van der Waals surface area (Å²) in [5.41, 5.74) is 6.11. The monoisotopic (exact) mass is 197 g/mol. The molecule has 2 rings (SSSR count). The summed E-state index contributed by atoms with van der Waals surface area (Å²) in [6, 6.07) is -0.440. The lowest BCUT2D eigenvalue weighted by Gasteiger charge is -2.34. The second kappa shape index (κ2) is 3.39. The Balaban J connectivity index is 2.24. The van der Waals surface area contributed by atoms with E-state index in [1.807, 2.05) is 0 Å². The van der Waals surface area contributed by atoms with Gasteiger partial charge in [-0.2, -0.15) is 4.99 Å². The van der Waals surface area contributed by atoms with E-state index in [9.17, 15) is 4.79 Å². The second-order valence-electron chi connectivity index (χ2n) is 3.21. The lowest BCUT2D eigenvalue weighted by Crippen LogP contribution is -2.46. The van der Waals surface area contributed by atoms with Crippen LogP contribution in [0.3, 0.4) is 0 Å². The summed E-state index contributed by atoms with van der Waals surface area (Å²) in [6.07, 6.45) is 1.63. The van der Waals surface area contributed by atoms with Gasteiger partial charge in [-0.15, -0.1) is 0 Å². The van der Waals surface area contributed by atoms with Crippen LogP contribution < -0.4 is 5.73 Å². The number of nitrogens with zero attached hydrogens (tertiary/aromatic N) is 2. The molecule has 0 aliphatic carbocycles. The number of aliphatic imine (C=N–C) groups is 1. The van der Waals surface area contributed by atoms with Gasteiger partial charge in [0, 0.05) is 6.20 Å². The number of fused-ring (bicyclic) bond motifs is 1. The van der Waals surface area contributed by atoms with Crippen molar-refractivity contribution in [3.8, 4) is 0 Å². The first-order valence-corrected chi connectivity index (χ1v) is 4.28. The van der Waals surface area contributed by atoms with Crippen LogP contribution in [0.4, 0.5) is 4.79 Å². The summed E-state index contributed by atoms with van der Waals surface area (Å²) < 4.78 is 5.34. The Kier molecular flexibility index (Phi) is 2.22. The SMILES string of the molecule is NC1=NC(=O)N2C=C(CO)COC2C1. The number of carbonyl (C=O) groups is 1. The molecule has 76 valence electrons. The van der Waals surface area contributed by atoms with E-state index in [4.69, 9.17) is 15.6 Å². The molecular formula is C8H11N3O3. The number of carbonyl (C=O) groups excluding carboxylic acids is 1. The van der Waals surface area contributed by atoms with Crippen LogP contribution in [0.25, 0.3) is 0 Å². The molecule has 6 heteroatoms. The molecule has 14 heavy (non-hydrogen) atoms. The second-order valence-corrected chi connectivity index (χ2v) is 3.21. The van der Waals surface area contributed by atoms with E-state index in [1.165, 1.54) is 4.90 Å². The summed E-state index contributed by atoms with van der Waals surface area (Å²) in [7, 11) is 0. The van der Waals surface area contributed by atoms with Crippen LogP contribution in [0.15, 0.2) is 16.8 Å². The van der Waals surface area contributed by atoms with E-state index in [0.29, 0.717) is 18.6 Å². The van der Waals surface area contributed by atoms with E-state index in [1.54, 1.807) is 6.20 Å². The molecule has 2 amide bonds. The van der Waals surface area contributed by atoms with Crippen LogP contribution in [0.1, 0.15) is 6.42 Å². The first-order valence-electron chi connectivity index (χ1n) is 4.28. The van der Waals surface area contributed by atoms with E-state index in [-0.39, 0.29) is 18.7 Å². The third kappa shape index (κ3) is 1.49. The Bertz CT molecular complexity index is 324. The van der Waals surface area contributed by atoms with Gasteiger partial charge in [-0.05, 0) is 5.57 Å². The smallest absolute Gasteiger partial charge is 0.351 e. The maximum absolute atomic E-state index is 11.4. The molecule has 0 bridgehead atoms. The van der Waals surface area contributed by atoms with Gasteiger partial charge in [-0.1, -0.05) is 0 Å². The van der Waals surface area contributed by atoms with Crippen molar-refractivity contribution in [1.82, 2.24) is 4.90 Å². The van der Waals surface area contributed by atoms with Gasteiger partial charge in [0.15, 0.2) is 0 Å². The number of ether oxygens (including phenoxy) is 1. The molecule has 3 N–H and O–H groups in total. The van der Waals surface area contributed by atoms with Crippen LogP contribution >= 0.6 is 0 Å². The summed E-state index contributed by atoms with van der Waals surface area (Å²) >= 11 is 0. The van der Waals surface area contributed by atoms with Crippen LogP contribution in [0, 0.1) is 0 Å². The Morgan fingerprint density at radius 3 is 3.29 bits per heavy atom. The Hall–Kier alpha value is -1.40. The predicted octanol–water partition coefficient (Wildman–Crippen LogP) is -0.598. The zero-order chi connectivity index (χ0) is 10.1. The summed E-state index contributed by atoms with van der Waals surface area (Å²) in [5, 5.41) is 8.87. The highest BCUT2D eigenvalue weighted by atomic mass is 16.5. The highest BCUT2D eigenvalue weighted by molar-refractivity contribution is 5.96. The molecule has 2 heterocycles. The van der Waals surface area contributed by atoms with Crippen molar-refractivity contribution in [1.29, 1.82) is 0 Å². The number of hydrogen-bond donors (Lipinski definition) is 2. The first kappa shape index (κ1) is 9.17. The van der Waals surface area contributed by atoms with E-state index >= 15 is 0 Å². The quantitative estimate of drug-likeness (QED) is 0.587. The minimum Gasteiger partial charge on any atom is -0.392 e. The number of amidine groups is 1. The average Bonchev–Trinajstić information content (AvgIpc) is 2.17. The molecular weight excluding hydrogens is 186 g/mol. The van der Waals surface area contributed by atoms with Crippen molar-refractivity contribution < 1.29 is 14.6 Å². The van der Waals surface area contributed by atoms with Gasteiger partial charge in [0.05, 0.1) is 19.6 Å². The van der Waals surface area contributed by atoms with Crippen LogP contribution in [0.2, 0.25) is 0 Å². The number of amides is 2. The molecule has 2 aliphatic heterocycles. The fourth-order valence-electron chi connectivity index (χ4n) is 1.43. The van der Waals surface area contributed by atoms with Gasteiger partial charge >= 0.3 is 6.03 Å². The topological polar surface area (TPSA) is 88.2 Å². The molecule has 0 radical (unpaired) electrons. The Morgan fingerprint density at radius 1 is 1.79 bits per heavy atom. The van der Waals surface area contributed by atoms with Gasteiger partial charge in [-0.3, -0.25) is 4.90 Å². The average molecular weight is 197 g/mol. The third-order valence-electron chi connectivity index (χ3n) is 2.14. The largest absolute Gasteiger partial charge is 0.392 e. The molecule has 0 saturated heterocycles. The molecule has 0 saturated carbocycles. The van der Waals surface area contributed by atoms with Crippen molar-refractivity contribution in [3.05, 3.63) is 11.8 Å². The summed E-state index contributed by atoms with van der Waals surface area (Å²) in [4.78, 5) is 16.3. The van der Waals surface area contributed by atoms with Crippen LogP contribution in [0.5, 0.6) is 0 Å². The molecule has 1 atom stereocenters. The maximum atomic E-state index is 11.4. The molecule has 6 nitrogen and oxygen atoms in total. The normalized spacial score (nSPS) is 26.8. The standard InChI is InChI=1S/C8H11N3O3/c9-6-1-7-11(8(13)10-6)2-5(3-12)4-14-7/h2,7,12H,1,3-4H2,(H2,9,10,13). The molecule has 0 spiro atoms. The van der Waals surface area contributed by atoms with E-state index < -0.39 is 6.03 Å². The van der Waals surface area contributed by atoms with Crippen LogP contribution in [-0.4, -0.2) is 41.3 Å². The summed E-state index contributed by atoms with van der Waals surface area (Å²) in [5.74, 6) is 0.289. The van der Waals surface area contributed by atoms with Gasteiger partial charge in [-0.25, -0.2) is 4.79 Å². The minimum atomic E-state index is -0.440. The number of rotatable bonds is 1. The fourth-order valence-corrected chi connectivity index (χ4v) is 1.43. The number of aliphatic hydroxyl groups is 1. The van der Waals surface area contributed by atoms with Crippen molar-refractivity contribution in [2.24, 2.45) is 10.7 Å². The van der Waals surface area contributed by atoms with Crippen molar-refractivity contribution in [2.75, 3.05) is 13.2 Å². The lowest BCUT2D eigenvalue weighted by atomic mass is 10.2. The molecule has 1 unspecified atom stereocenters. The number of aliphatic hydroxyl groups excluding tert-OH is 1. The van der Waals surface area contributed by atoms with Crippen molar-refractivity contribution >= 4 is 11.9 Å². The number of nitrogens with two attached hydrogens (primary N) is 1. The van der Waals surface area contributed by atoms with Crippen molar-refractivity contribution in [3.63, 3.8) is 0 Å². The highest BCUT2D eigenvalue weighted by Gasteiger charge is 2.31. The third-order valence-corrected chi connectivity index (χ3v) is 2.14. The Labute approximate surface area is 80.7 Å². The molecule has 2 aliphatic rings. The highest BCUT2D eigenvalue weighted by Crippen LogP contribution is 2.20. The summed E-state index contributed by atoms with van der Waals surface area (Å²) in [6.45, 7) is 0.216. The Morgan fingerprint density at radius 2 is 2.57 bits per heavy atom. The van der Waals surface area contributed by atoms with Gasteiger partial charge in [0.25, 0.3) is 0 Å². The van der Waals surface area contributed by atoms with Gasteiger partial charge in [0.1, 0.15) is 12.1 Å². The number of urea groups is 1. The van der Waals surface area contributed by atoms with E-state index in [0.717, 1.165) is 0 Å². The first-order chi connectivity index (χ1) is 6.70. The van der Waals surface area contributed by atoms with Gasteiger partial charge < -0.3 is 15.6 Å². The number of hydrogen-bond acceptors (Lipinski definition) is 4. The minimum absolute atomic E-state index is 0.115. The maximum Gasteiger partial charge on any atom is 0.351 e. The van der Waals surface area contributed by atoms with Crippen LogP contribution in [-0.2, 0) is 4.74 Å². The molecule has 0 aromatic carbocycles. The zero-order valence-corrected chi connectivity index (χ0v) is 7.51. The molecule has 0 aromatic heterocycles.